The molecule has 0 amide bonds. The van der Waals surface area contributed by atoms with Crippen LogP contribution in [0, 0.1) is 35.0 Å². The van der Waals surface area contributed by atoms with Crippen molar-refractivity contribution in [1.29, 1.82) is 0 Å². The molecule has 8 atom stereocenters. The van der Waals surface area contributed by atoms with Crippen LogP contribution in [0.2, 0.25) is 0 Å². The normalized spacial score (nSPS) is 55.2. The van der Waals surface area contributed by atoms with E-state index in [9.17, 15) is 9.90 Å². The number of ketones is 1. The summed E-state index contributed by atoms with van der Waals surface area (Å²) in [7, 11) is 0. The molecule has 2 nitrogen and oxygen atoms in total. The van der Waals surface area contributed by atoms with Crippen LogP contribution in [0.5, 0.6) is 0 Å². The highest BCUT2D eigenvalue weighted by Crippen LogP contribution is 2.66. The van der Waals surface area contributed by atoms with E-state index >= 15 is 4.39 Å². The Balaban J connectivity index is 1.59. The van der Waals surface area contributed by atoms with Gasteiger partial charge in [-0.1, -0.05) is 22.9 Å². The first-order valence-electron chi connectivity index (χ1n) is 10.2. The van der Waals surface area contributed by atoms with E-state index in [0.29, 0.717) is 42.2 Å². The molecule has 4 fully saturated rings. The van der Waals surface area contributed by atoms with Crippen molar-refractivity contribution in [3.63, 3.8) is 0 Å². The Morgan fingerprint density at radius 3 is 2.56 bits per heavy atom. The molecule has 4 heteroatoms. The number of hydrogen-bond acceptors (Lipinski definition) is 2. The summed E-state index contributed by atoms with van der Waals surface area (Å²) in [6.45, 7) is 4.19. The van der Waals surface area contributed by atoms with Gasteiger partial charge in [-0.05, 0) is 93.8 Å². The van der Waals surface area contributed by atoms with Gasteiger partial charge in [-0.3, -0.25) is 4.79 Å². The molecule has 0 unspecified atom stereocenters. The topological polar surface area (TPSA) is 37.3 Å². The van der Waals surface area contributed by atoms with Crippen molar-refractivity contribution in [2.75, 3.05) is 5.33 Å². The maximum absolute atomic E-state index is 16.2. The van der Waals surface area contributed by atoms with Gasteiger partial charge < -0.3 is 5.11 Å². The van der Waals surface area contributed by atoms with E-state index in [1.165, 1.54) is 0 Å². The fourth-order valence-electron chi connectivity index (χ4n) is 7.60. The number of fused-ring (bicyclic) bond motifs is 5. The van der Waals surface area contributed by atoms with Gasteiger partial charge in [0.25, 0.3) is 0 Å². The molecular weight excluding hydrogens is 383 g/mol. The summed E-state index contributed by atoms with van der Waals surface area (Å²) in [5, 5.41) is 10.9. The zero-order chi connectivity index (χ0) is 18.0. The van der Waals surface area contributed by atoms with Gasteiger partial charge in [0, 0.05) is 5.92 Å². The maximum atomic E-state index is 16.2. The van der Waals surface area contributed by atoms with Crippen molar-refractivity contribution in [1.82, 2.24) is 0 Å². The highest BCUT2D eigenvalue weighted by Gasteiger charge is 2.63. The highest BCUT2D eigenvalue weighted by atomic mass is 79.9. The molecule has 1 N–H and O–H groups in total. The van der Waals surface area contributed by atoms with Crippen molar-refractivity contribution >= 4 is 21.7 Å². The number of carbonyl (C=O) groups excluding carboxylic acids is 1. The number of alkyl halides is 2. The molecule has 0 aromatic carbocycles. The van der Waals surface area contributed by atoms with Crippen LogP contribution in [0.1, 0.15) is 71.6 Å². The molecular formula is C21H32BrFO2. The third-order valence-corrected chi connectivity index (χ3v) is 9.39. The summed E-state index contributed by atoms with van der Waals surface area (Å²) in [6.07, 6.45) is 7.76. The van der Waals surface area contributed by atoms with E-state index in [-0.39, 0.29) is 23.2 Å². The fourth-order valence-corrected chi connectivity index (χ4v) is 7.99. The van der Waals surface area contributed by atoms with E-state index in [0.717, 1.165) is 38.5 Å². The lowest BCUT2D eigenvalue weighted by Crippen LogP contribution is -2.58. The van der Waals surface area contributed by atoms with E-state index in [1.54, 1.807) is 0 Å². The van der Waals surface area contributed by atoms with Crippen molar-refractivity contribution in [3.8, 4) is 0 Å². The molecule has 0 aromatic heterocycles. The monoisotopic (exact) mass is 414 g/mol. The smallest absolute Gasteiger partial charge is 0.147 e. The summed E-state index contributed by atoms with van der Waals surface area (Å²) in [5.74, 6) is 1.65. The van der Waals surface area contributed by atoms with Crippen LogP contribution in [-0.2, 0) is 4.79 Å². The van der Waals surface area contributed by atoms with Gasteiger partial charge in [0.05, 0.1) is 10.9 Å². The van der Waals surface area contributed by atoms with Crippen molar-refractivity contribution < 1.29 is 14.3 Å². The fraction of sp³-hybridized carbons (Fsp3) is 0.952. The van der Waals surface area contributed by atoms with Crippen molar-refractivity contribution in [3.05, 3.63) is 0 Å². The van der Waals surface area contributed by atoms with Gasteiger partial charge in [0.1, 0.15) is 11.5 Å². The SMILES string of the molecule is C[C@@]1(O)CC[C@@]2(F)[C@H](CC[C@H]3[C@@H]4CC[C@H](C(=O)CBr)[C@@]4(C)CC[C@@H]32)C1. The highest BCUT2D eigenvalue weighted by molar-refractivity contribution is 9.09. The quantitative estimate of drug-likeness (QED) is 0.640. The molecule has 0 aromatic rings. The minimum Gasteiger partial charge on any atom is -0.390 e. The standard InChI is InChI=1S/C21H32BrFO2/c1-19(25)9-10-21(23)13(11-19)3-4-14-15-5-6-17(18(24)12-22)20(15,2)8-7-16(14)21/h13-17,25H,3-12H2,1-2H3/t13-,14+,15+,16+,17-,19-,20+,21-/m1/s1. The van der Waals surface area contributed by atoms with Crippen LogP contribution in [0.25, 0.3) is 0 Å². The lowest BCUT2D eigenvalue weighted by Gasteiger charge is -2.59. The van der Waals surface area contributed by atoms with Gasteiger partial charge >= 0.3 is 0 Å². The molecule has 142 valence electrons. The largest absolute Gasteiger partial charge is 0.390 e. The van der Waals surface area contributed by atoms with Crippen LogP contribution in [0.4, 0.5) is 4.39 Å². The maximum Gasteiger partial charge on any atom is 0.147 e. The number of hydrogen-bond donors (Lipinski definition) is 1. The zero-order valence-electron chi connectivity index (χ0n) is 15.6. The molecule has 0 saturated heterocycles. The van der Waals surface area contributed by atoms with E-state index in [1.807, 2.05) is 6.92 Å². The Hall–Kier alpha value is 0.0400. The van der Waals surface area contributed by atoms with Crippen LogP contribution in [0.15, 0.2) is 0 Å². The Bertz CT molecular complexity index is 564. The molecule has 25 heavy (non-hydrogen) atoms. The minimum atomic E-state index is -1.08. The second-order valence-corrected chi connectivity index (χ2v) is 10.6. The van der Waals surface area contributed by atoms with Crippen LogP contribution in [-0.4, -0.2) is 27.5 Å². The first kappa shape index (κ1) is 18.4. The number of aliphatic hydroxyl groups is 1. The molecule has 0 aliphatic heterocycles. The number of rotatable bonds is 2. The average molecular weight is 415 g/mol. The molecule has 0 bridgehead atoms. The molecule has 4 saturated carbocycles. The molecule has 4 aliphatic carbocycles. The van der Waals surface area contributed by atoms with E-state index in [4.69, 9.17) is 0 Å². The first-order chi connectivity index (χ1) is 11.7. The minimum absolute atomic E-state index is 0.0308. The predicted octanol–water partition coefficient (Wildman–Crippen LogP) is 5.06. The second-order valence-electron chi connectivity index (χ2n) is 10.1. The molecule has 0 spiro atoms. The Labute approximate surface area is 159 Å². The number of Topliss-reactive ketones (excluding diaryl/α,β-unsaturated/α-hetero) is 1. The lowest BCUT2D eigenvalue weighted by molar-refractivity contribution is -0.165. The molecule has 0 radical (unpaired) electrons. The van der Waals surface area contributed by atoms with E-state index < -0.39 is 11.3 Å². The van der Waals surface area contributed by atoms with Crippen LogP contribution in [0.3, 0.4) is 0 Å². The van der Waals surface area contributed by atoms with E-state index in [2.05, 4.69) is 22.9 Å². The second kappa shape index (κ2) is 6.02. The summed E-state index contributed by atoms with van der Waals surface area (Å²) in [5.41, 5.74) is -1.68. The molecule has 4 rings (SSSR count). The average Bonchev–Trinajstić information content (AvgIpc) is 2.92. The van der Waals surface area contributed by atoms with Crippen LogP contribution >= 0.6 is 15.9 Å². The summed E-state index contributed by atoms with van der Waals surface area (Å²) < 4.78 is 16.2. The summed E-state index contributed by atoms with van der Waals surface area (Å²) >= 11 is 3.37. The predicted molar refractivity (Wildman–Crippen MR) is 100 cm³/mol. The molecule has 0 heterocycles. The first-order valence-corrected chi connectivity index (χ1v) is 11.3. The summed E-state index contributed by atoms with van der Waals surface area (Å²) in [6, 6.07) is 0. The van der Waals surface area contributed by atoms with Gasteiger partial charge in [0.15, 0.2) is 0 Å². The van der Waals surface area contributed by atoms with Crippen LogP contribution < -0.4 is 0 Å². The van der Waals surface area contributed by atoms with Crippen molar-refractivity contribution in [2.45, 2.75) is 82.9 Å². The zero-order valence-corrected chi connectivity index (χ0v) is 17.2. The Morgan fingerprint density at radius 2 is 1.84 bits per heavy atom. The Kier molecular flexibility index (Phi) is 4.43. The number of halogens is 2. The lowest BCUT2D eigenvalue weighted by atomic mass is 9.48. The summed E-state index contributed by atoms with van der Waals surface area (Å²) in [4.78, 5) is 12.4. The number of carbonyl (C=O) groups is 1. The van der Waals surface area contributed by atoms with Gasteiger partial charge in [-0.15, -0.1) is 0 Å². The van der Waals surface area contributed by atoms with Gasteiger partial charge in [0.2, 0.25) is 0 Å². The third kappa shape index (κ3) is 2.68. The third-order valence-electron chi connectivity index (χ3n) is 8.83. The van der Waals surface area contributed by atoms with Crippen molar-refractivity contribution in [2.24, 2.45) is 35.0 Å². The molecule has 4 aliphatic rings. The van der Waals surface area contributed by atoms with Gasteiger partial charge in [-0.2, -0.15) is 0 Å². The Morgan fingerprint density at radius 1 is 1.08 bits per heavy atom. The van der Waals surface area contributed by atoms with Gasteiger partial charge in [-0.25, -0.2) is 4.39 Å².